The molecule has 0 bridgehead atoms. The molecule has 0 radical (unpaired) electrons. The lowest BCUT2D eigenvalue weighted by atomic mass is 10.1. The van der Waals surface area contributed by atoms with Gasteiger partial charge in [0.15, 0.2) is 0 Å². The van der Waals surface area contributed by atoms with Crippen LogP contribution in [0, 0.1) is 0 Å². The van der Waals surface area contributed by atoms with Gasteiger partial charge >= 0.3 is 11.9 Å². The molecule has 0 saturated carbocycles. The Balaban J connectivity index is 0.993. The fraction of sp³-hybridized carbons (Fsp3) is 0.318. The predicted molar refractivity (Wildman–Crippen MR) is 204 cm³/mol. The first-order valence-electron chi connectivity index (χ1n) is 18.0. The molecule has 0 atom stereocenters. The van der Waals surface area contributed by atoms with Gasteiger partial charge in [-0.05, 0) is 96.8 Å². The van der Waals surface area contributed by atoms with Crippen molar-refractivity contribution in [3.05, 3.63) is 132 Å². The molecule has 0 spiro atoms. The molecule has 0 fully saturated rings. The van der Waals surface area contributed by atoms with E-state index in [4.69, 9.17) is 23.7 Å². The molecule has 4 aromatic carbocycles. The van der Waals surface area contributed by atoms with Gasteiger partial charge in [-0.2, -0.15) is 0 Å². The standard InChI is InChI=1S/C44H50O7/c1-3-35-15-23-39(24-16-35)47-31-12-10-8-6-5-7-9-11-13-32-48-41-27-19-38(20-28-41)44(46)51-42-29-21-37(22-30-42)43(45)50-34-14-33-49-40-25-17-36(4-2)18-26-40/h3-4,15-30H,1-2,5-14,31-34H2. The molecular weight excluding hydrogens is 640 g/mol. The van der Waals surface area contributed by atoms with Gasteiger partial charge in [-0.3, -0.25) is 0 Å². The first-order chi connectivity index (χ1) is 25.0. The number of carbonyl (C=O) groups is 2. The highest BCUT2D eigenvalue weighted by Crippen LogP contribution is 2.19. The normalized spacial score (nSPS) is 10.6. The zero-order valence-electron chi connectivity index (χ0n) is 29.6. The van der Waals surface area contributed by atoms with E-state index in [9.17, 15) is 9.59 Å². The van der Waals surface area contributed by atoms with Gasteiger partial charge in [-0.25, -0.2) is 9.59 Å². The Morgan fingerprint density at radius 1 is 0.412 bits per heavy atom. The van der Waals surface area contributed by atoms with Crippen LogP contribution in [0.4, 0.5) is 0 Å². The molecule has 7 heteroatoms. The molecule has 0 saturated heterocycles. The number of carbonyl (C=O) groups excluding carboxylic acids is 2. The van der Waals surface area contributed by atoms with E-state index in [1.165, 1.54) is 38.5 Å². The lowest BCUT2D eigenvalue weighted by Crippen LogP contribution is -2.10. The second-order valence-corrected chi connectivity index (χ2v) is 12.2. The van der Waals surface area contributed by atoms with Crippen LogP contribution in [-0.4, -0.2) is 38.4 Å². The maximum absolute atomic E-state index is 12.6. The van der Waals surface area contributed by atoms with Crippen LogP contribution in [-0.2, 0) is 4.74 Å². The molecule has 51 heavy (non-hydrogen) atoms. The number of esters is 2. The summed E-state index contributed by atoms with van der Waals surface area (Å²) in [5, 5.41) is 0. The number of hydrogen-bond donors (Lipinski definition) is 0. The summed E-state index contributed by atoms with van der Waals surface area (Å²) in [6.07, 6.45) is 14.8. The van der Waals surface area contributed by atoms with E-state index >= 15 is 0 Å². The number of rotatable bonds is 24. The van der Waals surface area contributed by atoms with Gasteiger partial charge in [0.2, 0.25) is 0 Å². The largest absolute Gasteiger partial charge is 0.494 e. The molecule has 0 N–H and O–H groups in total. The van der Waals surface area contributed by atoms with Crippen LogP contribution in [0.1, 0.15) is 96.1 Å². The Labute approximate surface area is 302 Å². The molecule has 0 unspecified atom stereocenters. The van der Waals surface area contributed by atoms with E-state index in [0.717, 1.165) is 54.2 Å². The third-order valence-electron chi connectivity index (χ3n) is 8.24. The van der Waals surface area contributed by atoms with Crippen molar-refractivity contribution in [1.82, 2.24) is 0 Å². The maximum Gasteiger partial charge on any atom is 0.343 e. The molecule has 0 aromatic heterocycles. The molecule has 0 aliphatic rings. The zero-order chi connectivity index (χ0) is 35.9. The molecule has 4 rings (SSSR count). The molecule has 0 heterocycles. The smallest absolute Gasteiger partial charge is 0.343 e. The second-order valence-electron chi connectivity index (χ2n) is 12.2. The summed E-state index contributed by atoms with van der Waals surface area (Å²) in [5.41, 5.74) is 2.91. The van der Waals surface area contributed by atoms with E-state index in [-0.39, 0.29) is 6.61 Å². The third kappa shape index (κ3) is 14.6. The lowest BCUT2D eigenvalue weighted by Gasteiger charge is -2.09. The summed E-state index contributed by atoms with van der Waals surface area (Å²) in [6.45, 7) is 9.57. The number of ether oxygens (including phenoxy) is 5. The minimum atomic E-state index is -0.487. The Hall–Kier alpha value is -5.30. The van der Waals surface area contributed by atoms with Gasteiger partial charge in [0.05, 0.1) is 37.6 Å². The first kappa shape index (κ1) is 38.5. The van der Waals surface area contributed by atoms with Gasteiger partial charge in [-0.15, -0.1) is 0 Å². The Bertz CT molecular complexity index is 1610. The van der Waals surface area contributed by atoms with Crippen molar-refractivity contribution in [2.75, 3.05) is 26.4 Å². The summed E-state index contributed by atoms with van der Waals surface area (Å²) in [6, 6.07) is 28.9. The number of unbranched alkanes of at least 4 members (excludes halogenated alkanes) is 8. The van der Waals surface area contributed by atoms with Crippen LogP contribution in [0.25, 0.3) is 12.2 Å². The summed E-state index contributed by atoms with van der Waals surface area (Å²) >= 11 is 0. The zero-order valence-corrected chi connectivity index (χ0v) is 29.6. The highest BCUT2D eigenvalue weighted by Gasteiger charge is 2.11. The molecule has 0 amide bonds. The summed E-state index contributed by atoms with van der Waals surface area (Å²) in [5.74, 6) is 1.80. The van der Waals surface area contributed by atoms with Crippen LogP contribution in [0.3, 0.4) is 0 Å². The molecule has 268 valence electrons. The van der Waals surface area contributed by atoms with Gasteiger partial charge < -0.3 is 23.7 Å². The summed E-state index contributed by atoms with van der Waals surface area (Å²) in [7, 11) is 0. The van der Waals surface area contributed by atoms with E-state index in [0.29, 0.717) is 36.5 Å². The lowest BCUT2D eigenvalue weighted by molar-refractivity contribution is 0.0486. The first-order valence-corrected chi connectivity index (χ1v) is 18.0. The molecular formula is C44H50O7. The number of benzene rings is 4. The fourth-order valence-corrected chi connectivity index (χ4v) is 5.23. The van der Waals surface area contributed by atoms with Crippen molar-refractivity contribution in [3.8, 4) is 23.0 Å². The SMILES string of the molecule is C=Cc1ccc(OCCCCCCCCCCCOc2ccc(C(=O)Oc3ccc(C(=O)OCCCOc4ccc(C=C)cc4)cc3)cc2)cc1. The predicted octanol–water partition coefficient (Wildman–Crippen LogP) is 10.8. The van der Waals surface area contributed by atoms with Crippen LogP contribution in [0.15, 0.2) is 110 Å². The minimum absolute atomic E-state index is 0.228. The quantitative estimate of drug-likeness (QED) is 0.0411. The Kier molecular flexibility index (Phi) is 16.9. The van der Waals surface area contributed by atoms with E-state index in [2.05, 4.69) is 13.2 Å². The van der Waals surface area contributed by atoms with Crippen LogP contribution >= 0.6 is 0 Å². The van der Waals surface area contributed by atoms with Crippen molar-refractivity contribution in [2.24, 2.45) is 0 Å². The van der Waals surface area contributed by atoms with Gasteiger partial charge in [0, 0.05) is 6.42 Å². The van der Waals surface area contributed by atoms with Crippen molar-refractivity contribution in [2.45, 2.75) is 64.2 Å². The van der Waals surface area contributed by atoms with Crippen LogP contribution < -0.4 is 18.9 Å². The average Bonchev–Trinajstić information content (AvgIpc) is 3.17. The minimum Gasteiger partial charge on any atom is -0.494 e. The molecule has 7 nitrogen and oxygen atoms in total. The highest BCUT2D eigenvalue weighted by molar-refractivity contribution is 5.92. The monoisotopic (exact) mass is 690 g/mol. The average molecular weight is 691 g/mol. The third-order valence-corrected chi connectivity index (χ3v) is 8.24. The van der Waals surface area contributed by atoms with Crippen molar-refractivity contribution in [1.29, 1.82) is 0 Å². The van der Waals surface area contributed by atoms with E-state index in [1.54, 1.807) is 54.6 Å². The van der Waals surface area contributed by atoms with Gasteiger partial charge in [0.25, 0.3) is 0 Å². The van der Waals surface area contributed by atoms with Crippen LogP contribution in [0.5, 0.6) is 23.0 Å². The molecule has 0 aliphatic heterocycles. The van der Waals surface area contributed by atoms with Gasteiger partial charge in [-0.1, -0.05) is 94.5 Å². The second kappa shape index (κ2) is 22.4. The van der Waals surface area contributed by atoms with E-state index < -0.39 is 11.9 Å². The number of hydrogen-bond acceptors (Lipinski definition) is 7. The molecule has 4 aromatic rings. The topological polar surface area (TPSA) is 80.3 Å². The van der Waals surface area contributed by atoms with Gasteiger partial charge in [0.1, 0.15) is 23.0 Å². The fourth-order valence-electron chi connectivity index (χ4n) is 5.23. The highest BCUT2D eigenvalue weighted by atomic mass is 16.5. The molecule has 0 aliphatic carbocycles. The summed E-state index contributed by atoms with van der Waals surface area (Å²) < 4.78 is 28.2. The Morgan fingerprint density at radius 2 is 0.765 bits per heavy atom. The maximum atomic E-state index is 12.6. The van der Waals surface area contributed by atoms with Crippen molar-refractivity contribution < 1.29 is 33.3 Å². The van der Waals surface area contributed by atoms with Crippen LogP contribution in [0.2, 0.25) is 0 Å². The van der Waals surface area contributed by atoms with Crippen molar-refractivity contribution >= 4 is 24.1 Å². The summed E-state index contributed by atoms with van der Waals surface area (Å²) in [4.78, 5) is 25.0. The van der Waals surface area contributed by atoms with Crippen molar-refractivity contribution in [3.63, 3.8) is 0 Å². The van der Waals surface area contributed by atoms with E-state index in [1.807, 2.05) is 54.6 Å². The Morgan fingerprint density at radius 3 is 1.20 bits per heavy atom.